The maximum Gasteiger partial charge on any atom is 0.274 e. The summed E-state index contributed by atoms with van der Waals surface area (Å²) in [7, 11) is 0. The van der Waals surface area contributed by atoms with Gasteiger partial charge in [-0.2, -0.15) is 0 Å². The monoisotopic (exact) mass is 397 g/mol. The number of hydrogen-bond donors (Lipinski definition) is 3. The van der Waals surface area contributed by atoms with E-state index in [-0.39, 0.29) is 6.17 Å². The molecule has 1 atom stereocenters. The first kappa shape index (κ1) is 18.6. The lowest BCUT2D eigenvalue weighted by atomic mass is 10.1. The quantitative estimate of drug-likeness (QED) is 0.546. The molecule has 0 fully saturated rings. The summed E-state index contributed by atoms with van der Waals surface area (Å²) in [6.45, 7) is 1.88. The van der Waals surface area contributed by atoms with Crippen molar-refractivity contribution in [3.05, 3.63) is 69.7 Å². The van der Waals surface area contributed by atoms with E-state index in [2.05, 4.69) is 22.4 Å². The van der Waals surface area contributed by atoms with Crippen molar-refractivity contribution in [3.63, 3.8) is 0 Å². The molecule has 0 bridgehead atoms. The second-order valence-corrected chi connectivity index (χ2v) is 7.16. The number of hydrogen-bond acceptors (Lipinski definition) is 6. The Bertz CT molecular complexity index is 945. The number of benzene rings is 2. The molecule has 0 saturated heterocycles. The zero-order valence-electron chi connectivity index (χ0n) is 15.1. The predicted octanol–water partition coefficient (Wildman–Crippen LogP) is 2.72. The first-order valence-corrected chi connectivity index (χ1v) is 9.40. The predicted molar refractivity (Wildman–Crippen MR) is 108 cm³/mol. The summed E-state index contributed by atoms with van der Waals surface area (Å²) >= 11 is 6.35. The van der Waals surface area contributed by atoms with Crippen LogP contribution in [0.4, 0.5) is 0 Å². The Kier molecular flexibility index (Phi) is 5.38. The number of amides is 1. The van der Waals surface area contributed by atoms with Crippen molar-refractivity contribution in [2.24, 2.45) is 9.98 Å². The van der Waals surface area contributed by atoms with Gasteiger partial charge < -0.3 is 4.90 Å². The molecule has 0 radical (unpaired) electrons. The minimum Gasteiger partial charge on any atom is -0.332 e. The summed E-state index contributed by atoms with van der Waals surface area (Å²) < 4.78 is 0. The number of nitrogens with one attached hydrogen (secondary N) is 2. The average molecular weight is 398 g/mol. The van der Waals surface area contributed by atoms with Crippen LogP contribution in [0.5, 0.6) is 0 Å². The Balaban J connectivity index is 1.46. The highest BCUT2D eigenvalue weighted by molar-refractivity contribution is 6.32. The van der Waals surface area contributed by atoms with Gasteiger partial charge in [-0.05, 0) is 28.8 Å². The van der Waals surface area contributed by atoms with E-state index in [9.17, 15) is 4.79 Å². The zero-order valence-corrected chi connectivity index (χ0v) is 15.9. The topological polar surface area (TPSA) is 89.3 Å². The average Bonchev–Trinajstić information content (AvgIpc) is 3.17. The number of halogens is 1. The Hall–Kier alpha value is -2.74. The smallest absolute Gasteiger partial charge is 0.274 e. The maximum absolute atomic E-state index is 11.7. The van der Waals surface area contributed by atoms with E-state index >= 15 is 0 Å². The summed E-state index contributed by atoms with van der Waals surface area (Å²) in [4.78, 5) is 22.9. The summed E-state index contributed by atoms with van der Waals surface area (Å²) in [5, 5.41) is 12.8. The third kappa shape index (κ3) is 3.91. The standard InChI is InChI=1S/C20H20ClN5O2/c21-17-9-14(19(27)25-28)8-15-11-26(12-16(15)17)20-22-7-6-18(24-20)23-10-13-4-2-1-3-5-13/h1-5,7-9,18,23,28H,6,10-12H2,(H,25,27). The number of fused-ring (bicyclic) bond motifs is 1. The minimum absolute atomic E-state index is 0.0392. The van der Waals surface area contributed by atoms with Crippen LogP contribution in [0.2, 0.25) is 5.02 Å². The number of carbonyl (C=O) groups is 1. The molecule has 28 heavy (non-hydrogen) atoms. The van der Waals surface area contributed by atoms with Crippen LogP contribution >= 0.6 is 11.6 Å². The SMILES string of the molecule is O=C(NO)c1cc(Cl)c2c(c1)CN(C1=NC(NCc3ccccc3)CC=N1)C2. The van der Waals surface area contributed by atoms with Crippen LogP contribution in [-0.4, -0.2) is 34.4 Å². The maximum atomic E-state index is 11.7. The largest absolute Gasteiger partial charge is 0.332 e. The lowest BCUT2D eigenvalue weighted by Gasteiger charge is -2.23. The molecule has 0 saturated carbocycles. The fraction of sp³-hybridized carbons (Fsp3) is 0.250. The van der Waals surface area contributed by atoms with Gasteiger partial charge in [0.15, 0.2) is 0 Å². The van der Waals surface area contributed by atoms with Gasteiger partial charge in [-0.25, -0.2) is 15.5 Å². The molecule has 8 heteroatoms. The van der Waals surface area contributed by atoms with Gasteiger partial charge in [0.1, 0.15) is 6.17 Å². The number of nitrogens with zero attached hydrogens (tertiary/aromatic N) is 3. The highest BCUT2D eigenvalue weighted by atomic mass is 35.5. The molecule has 2 aliphatic rings. The van der Waals surface area contributed by atoms with Crippen molar-refractivity contribution in [1.82, 2.24) is 15.7 Å². The molecule has 144 valence electrons. The fourth-order valence-electron chi connectivity index (χ4n) is 3.38. The fourth-order valence-corrected chi connectivity index (χ4v) is 3.68. The van der Waals surface area contributed by atoms with Gasteiger partial charge in [0.25, 0.3) is 5.91 Å². The molecule has 0 aliphatic carbocycles. The number of guanidine groups is 1. The Morgan fingerprint density at radius 1 is 1.25 bits per heavy atom. The van der Waals surface area contributed by atoms with E-state index < -0.39 is 5.91 Å². The first-order chi connectivity index (χ1) is 13.6. The minimum atomic E-state index is -0.582. The van der Waals surface area contributed by atoms with Crippen molar-refractivity contribution in [3.8, 4) is 0 Å². The molecule has 2 aromatic carbocycles. The number of aliphatic imine (C=N–C) groups is 2. The van der Waals surface area contributed by atoms with Gasteiger partial charge >= 0.3 is 0 Å². The van der Waals surface area contributed by atoms with E-state index in [0.717, 1.165) is 24.1 Å². The molecule has 0 spiro atoms. The third-order valence-corrected chi connectivity index (χ3v) is 5.17. The van der Waals surface area contributed by atoms with Crippen molar-refractivity contribution in [2.75, 3.05) is 0 Å². The van der Waals surface area contributed by atoms with Crippen LogP contribution in [-0.2, 0) is 19.6 Å². The Morgan fingerprint density at radius 3 is 2.86 bits per heavy atom. The Morgan fingerprint density at radius 2 is 2.07 bits per heavy atom. The lowest BCUT2D eigenvalue weighted by Crippen LogP contribution is -2.34. The molecule has 7 nitrogen and oxygen atoms in total. The highest BCUT2D eigenvalue weighted by Gasteiger charge is 2.27. The number of rotatable bonds is 4. The summed E-state index contributed by atoms with van der Waals surface area (Å²) in [5.74, 6) is 0.0681. The number of hydroxylamine groups is 1. The van der Waals surface area contributed by atoms with Crippen molar-refractivity contribution in [2.45, 2.75) is 32.2 Å². The second-order valence-electron chi connectivity index (χ2n) is 6.75. The van der Waals surface area contributed by atoms with E-state index in [0.29, 0.717) is 29.6 Å². The first-order valence-electron chi connectivity index (χ1n) is 9.02. The van der Waals surface area contributed by atoms with Gasteiger partial charge in [0, 0.05) is 42.9 Å². The van der Waals surface area contributed by atoms with Crippen molar-refractivity contribution < 1.29 is 10.0 Å². The Labute approximate surface area is 167 Å². The molecule has 2 aliphatic heterocycles. The van der Waals surface area contributed by atoms with Crippen LogP contribution in [0.25, 0.3) is 0 Å². The van der Waals surface area contributed by atoms with Crippen molar-refractivity contribution in [1.29, 1.82) is 0 Å². The third-order valence-electron chi connectivity index (χ3n) is 4.84. The lowest BCUT2D eigenvalue weighted by molar-refractivity contribution is 0.0706. The summed E-state index contributed by atoms with van der Waals surface area (Å²) in [6, 6.07) is 13.5. The molecule has 1 amide bonds. The van der Waals surface area contributed by atoms with E-state index in [1.165, 1.54) is 5.56 Å². The second kappa shape index (κ2) is 8.10. The van der Waals surface area contributed by atoms with Crippen LogP contribution in [0, 0.1) is 0 Å². The highest BCUT2D eigenvalue weighted by Crippen LogP contribution is 2.31. The molecular weight excluding hydrogens is 378 g/mol. The van der Waals surface area contributed by atoms with Gasteiger partial charge in [-0.1, -0.05) is 41.9 Å². The van der Waals surface area contributed by atoms with E-state index in [4.69, 9.17) is 21.8 Å². The summed E-state index contributed by atoms with van der Waals surface area (Å²) in [5.41, 5.74) is 5.06. The summed E-state index contributed by atoms with van der Waals surface area (Å²) in [6.07, 6.45) is 2.57. The van der Waals surface area contributed by atoms with Gasteiger partial charge in [0.05, 0.1) is 0 Å². The van der Waals surface area contributed by atoms with E-state index in [1.54, 1.807) is 17.6 Å². The molecular formula is C20H20ClN5O2. The van der Waals surface area contributed by atoms with E-state index in [1.807, 2.05) is 29.3 Å². The van der Waals surface area contributed by atoms with Crippen molar-refractivity contribution >= 4 is 29.7 Å². The van der Waals surface area contributed by atoms with Crippen LogP contribution in [0.1, 0.15) is 33.5 Å². The van der Waals surface area contributed by atoms with Gasteiger partial charge in [0.2, 0.25) is 5.96 Å². The zero-order chi connectivity index (χ0) is 19.5. The molecule has 4 rings (SSSR count). The molecule has 3 N–H and O–H groups in total. The van der Waals surface area contributed by atoms with Crippen LogP contribution in [0.15, 0.2) is 52.4 Å². The molecule has 1 unspecified atom stereocenters. The van der Waals surface area contributed by atoms with Crippen LogP contribution in [0.3, 0.4) is 0 Å². The molecule has 0 aromatic heterocycles. The molecule has 2 heterocycles. The van der Waals surface area contributed by atoms with Gasteiger partial charge in [-0.15, -0.1) is 0 Å². The number of carbonyl (C=O) groups excluding carboxylic acids is 1. The van der Waals surface area contributed by atoms with Crippen LogP contribution < -0.4 is 10.8 Å². The van der Waals surface area contributed by atoms with Gasteiger partial charge in [-0.3, -0.25) is 15.3 Å². The molecule has 2 aromatic rings. The normalized spacial score (nSPS) is 18.0.